The van der Waals surface area contributed by atoms with Crippen LogP contribution < -0.4 is 0 Å². The Morgan fingerprint density at radius 1 is 1.46 bits per heavy atom. The standard InChI is InChI=1S/C11H14ClN/c1-9(8-13-5-6-13)10-3-2-4-11(12)7-10/h2-4,7,9H,5-6,8H2,1H3. The van der Waals surface area contributed by atoms with E-state index in [1.54, 1.807) is 0 Å². The van der Waals surface area contributed by atoms with Gasteiger partial charge in [-0.1, -0.05) is 30.7 Å². The molecule has 1 unspecified atom stereocenters. The molecular formula is C11H14ClN. The minimum absolute atomic E-state index is 0.598. The fourth-order valence-corrected chi connectivity index (χ4v) is 1.76. The van der Waals surface area contributed by atoms with Gasteiger partial charge in [-0.15, -0.1) is 0 Å². The average molecular weight is 196 g/mol. The third-order valence-electron chi connectivity index (χ3n) is 2.49. The van der Waals surface area contributed by atoms with Gasteiger partial charge in [0.1, 0.15) is 0 Å². The number of hydrogen-bond acceptors (Lipinski definition) is 1. The maximum atomic E-state index is 5.93. The molecule has 2 heteroatoms. The highest BCUT2D eigenvalue weighted by Crippen LogP contribution is 2.22. The summed E-state index contributed by atoms with van der Waals surface area (Å²) in [6, 6.07) is 8.17. The third kappa shape index (κ3) is 2.45. The van der Waals surface area contributed by atoms with Crippen molar-refractivity contribution in [2.24, 2.45) is 0 Å². The van der Waals surface area contributed by atoms with Crippen LogP contribution in [0.3, 0.4) is 0 Å². The van der Waals surface area contributed by atoms with Gasteiger partial charge in [-0.25, -0.2) is 0 Å². The van der Waals surface area contributed by atoms with Crippen molar-refractivity contribution in [1.29, 1.82) is 0 Å². The molecule has 0 aromatic heterocycles. The molecule has 1 saturated heterocycles. The van der Waals surface area contributed by atoms with Crippen LogP contribution in [0.2, 0.25) is 5.02 Å². The summed E-state index contributed by atoms with van der Waals surface area (Å²) < 4.78 is 0. The van der Waals surface area contributed by atoms with Crippen LogP contribution in [0.5, 0.6) is 0 Å². The number of halogens is 1. The first kappa shape index (κ1) is 9.04. The largest absolute Gasteiger partial charge is 0.300 e. The normalized spacial score (nSPS) is 18.6. The fourth-order valence-electron chi connectivity index (χ4n) is 1.56. The molecule has 0 bridgehead atoms. The molecule has 1 fully saturated rings. The van der Waals surface area contributed by atoms with Crippen molar-refractivity contribution in [1.82, 2.24) is 4.90 Å². The molecule has 13 heavy (non-hydrogen) atoms. The second kappa shape index (κ2) is 3.69. The van der Waals surface area contributed by atoms with E-state index in [1.165, 1.54) is 25.2 Å². The van der Waals surface area contributed by atoms with E-state index >= 15 is 0 Å². The fraction of sp³-hybridized carbons (Fsp3) is 0.455. The van der Waals surface area contributed by atoms with Crippen LogP contribution in [0, 0.1) is 0 Å². The number of rotatable bonds is 3. The monoisotopic (exact) mass is 195 g/mol. The first-order valence-corrected chi connectivity index (χ1v) is 5.11. The topological polar surface area (TPSA) is 3.01 Å². The van der Waals surface area contributed by atoms with Crippen LogP contribution >= 0.6 is 11.6 Å². The molecule has 70 valence electrons. The van der Waals surface area contributed by atoms with Crippen LogP contribution in [-0.2, 0) is 0 Å². The molecule has 1 heterocycles. The van der Waals surface area contributed by atoms with Crippen LogP contribution in [-0.4, -0.2) is 24.5 Å². The second-order valence-corrected chi connectivity index (χ2v) is 4.19. The van der Waals surface area contributed by atoms with Crippen molar-refractivity contribution in [3.63, 3.8) is 0 Å². The van der Waals surface area contributed by atoms with E-state index in [1.807, 2.05) is 12.1 Å². The molecular weight excluding hydrogens is 182 g/mol. The molecule has 1 aliphatic heterocycles. The molecule has 0 spiro atoms. The predicted octanol–water partition coefficient (Wildman–Crippen LogP) is 2.76. The van der Waals surface area contributed by atoms with Crippen LogP contribution in [0.25, 0.3) is 0 Å². The summed E-state index contributed by atoms with van der Waals surface area (Å²) in [5, 5.41) is 0.843. The molecule has 0 aliphatic carbocycles. The van der Waals surface area contributed by atoms with Gasteiger partial charge in [0.15, 0.2) is 0 Å². The maximum Gasteiger partial charge on any atom is 0.0408 e. The molecule has 1 aromatic rings. The van der Waals surface area contributed by atoms with Crippen molar-refractivity contribution >= 4 is 11.6 Å². The highest BCUT2D eigenvalue weighted by atomic mass is 35.5. The van der Waals surface area contributed by atoms with E-state index in [2.05, 4.69) is 24.0 Å². The van der Waals surface area contributed by atoms with Gasteiger partial charge in [0, 0.05) is 24.7 Å². The Balaban J connectivity index is 2.04. The van der Waals surface area contributed by atoms with E-state index in [0.717, 1.165) is 5.02 Å². The number of nitrogens with zero attached hydrogens (tertiary/aromatic N) is 1. The van der Waals surface area contributed by atoms with Crippen molar-refractivity contribution in [3.8, 4) is 0 Å². The number of benzene rings is 1. The minimum atomic E-state index is 0.598. The van der Waals surface area contributed by atoms with Gasteiger partial charge in [0.05, 0.1) is 0 Å². The van der Waals surface area contributed by atoms with E-state index in [-0.39, 0.29) is 0 Å². The van der Waals surface area contributed by atoms with Gasteiger partial charge in [-0.3, -0.25) is 0 Å². The SMILES string of the molecule is CC(CN1CC1)c1cccc(Cl)c1. The molecule has 0 radical (unpaired) electrons. The zero-order valence-electron chi connectivity index (χ0n) is 7.83. The Labute approximate surface area is 84.3 Å². The van der Waals surface area contributed by atoms with Crippen LogP contribution in [0.1, 0.15) is 18.4 Å². The lowest BCUT2D eigenvalue weighted by Gasteiger charge is -2.12. The van der Waals surface area contributed by atoms with Crippen molar-refractivity contribution in [3.05, 3.63) is 34.9 Å². The zero-order chi connectivity index (χ0) is 9.26. The average Bonchev–Trinajstić information content (AvgIpc) is 2.88. The van der Waals surface area contributed by atoms with E-state index < -0.39 is 0 Å². The van der Waals surface area contributed by atoms with Gasteiger partial charge in [-0.05, 0) is 23.6 Å². The van der Waals surface area contributed by atoms with Crippen molar-refractivity contribution in [2.75, 3.05) is 19.6 Å². The maximum absolute atomic E-state index is 5.93. The molecule has 1 aromatic carbocycles. The number of hydrogen-bond donors (Lipinski definition) is 0. The quantitative estimate of drug-likeness (QED) is 0.671. The summed E-state index contributed by atoms with van der Waals surface area (Å²) in [4.78, 5) is 2.44. The molecule has 2 rings (SSSR count). The summed E-state index contributed by atoms with van der Waals surface area (Å²) in [6.45, 7) is 5.96. The van der Waals surface area contributed by atoms with E-state index in [0.29, 0.717) is 5.92 Å². The van der Waals surface area contributed by atoms with Gasteiger partial charge in [0.25, 0.3) is 0 Å². The van der Waals surface area contributed by atoms with Crippen molar-refractivity contribution in [2.45, 2.75) is 12.8 Å². The Morgan fingerprint density at radius 2 is 2.23 bits per heavy atom. The van der Waals surface area contributed by atoms with Gasteiger partial charge >= 0.3 is 0 Å². The summed E-state index contributed by atoms with van der Waals surface area (Å²) in [6.07, 6.45) is 0. The summed E-state index contributed by atoms with van der Waals surface area (Å²) >= 11 is 5.93. The smallest absolute Gasteiger partial charge is 0.0408 e. The molecule has 1 atom stereocenters. The minimum Gasteiger partial charge on any atom is -0.300 e. The van der Waals surface area contributed by atoms with Crippen LogP contribution in [0.4, 0.5) is 0 Å². The zero-order valence-corrected chi connectivity index (χ0v) is 8.59. The molecule has 1 nitrogen and oxygen atoms in total. The Hall–Kier alpha value is -0.530. The summed E-state index contributed by atoms with van der Waals surface area (Å²) in [5.41, 5.74) is 1.35. The Morgan fingerprint density at radius 3 is 2.85 bits per heavy atom. The van der Waals surface area contributed by atoms with E-state index in [9.17, 15) is 0 Å². The predicted molar refractivity (Wildman–Crippen MR) is 56.3 cm³/mol. The molecule has 0 amide bonds. The van der Waals surface area contributed by atoms with Crippen LogP contribution in [0.15, 0.2) is 24.3 Å². The van der Waals surface area contributed by atoms with Gasteiger partial charge in [-0.2, -0.15) is 0 Å². The second-order valence-electron chi connectivity index (χ2n) is 3.76. The van der Waals surface area contributed by atoms with Gasteiger partial charge in [0.2, 0.25) is 0 Å². The Bertz CT molecular complexity index is 294. The third-order valence-corrected chi connectivity index (χ3v) is 2.72. The van der Waals surface area contributed by atoms with E-state index in [4.69, 9.17) is 11.6 Å². The Kier molecular flexibility index (Phi) is 2.56. The lowest BCUT2D eigenvalue weighted by atomic mass is 10.0. The summed E-state index contributed by atoms with van der Waals surface area (Å²) in [7, 11) is 0. The van der Waals surface area contributed by atoms with Crippen molar-refractivity contribution < 1.29 is 0 Å². The lowest BCUT2D eigenvalue weighted by Crippen LogP contribution is -2.08. The molecule has 0 N–H and O–H groups in total. The highest BCUT2D eigenvalue weighted by molar-refractivity contribution is 6.30. The molecule has 1 aliphatic rings. The highest BCUT2D eigenvalue weighted by Gasteiger charge is 2.20. The lowest BCUT2D eigenvalue weighted by molar-refractivity contribution is 0.507. The molecule has 0 saturated carbocycles. The first-order valence-electron chi connectivity index (χ1n) is 4.73. The first-order chi connectivity index (χ1) is 6.25. The summed E-state index contributed by atoms with van der Waals surface area (Å²) in [5.74, 6) is 0.598. The van der Waals surface area contributed by atoms with Gasteiger partial charge < -0.3 is 4.90 Å².